The second kappa shape index (κ2) is 6.28. The SMILES string of the molecule is CCN(CCO)C(=O)C(C)c1ccccc1. The lowest BCUT2D eigenvalue weighted by Crippen LogP contribution is -2.36. The highest BCUT2D eigenvalue weighted by Crippen LogP contribution is 2.17. The smallest absolute Gasteiger partial charge is 0.229 e. The molecule has 3 heteroatoms. The van der Waals surface area contributed by atoms with Crippen LogP contribution in [0.5, 0.6) is 0 Å². The molecule has 0 heterocycles. The molecule has 0 saturated heterocycles. The van der Waals surface area contributed by atoms with Gasteiger partial charge in [-0.1, -0.05) is 30.3 Å². The van der Waals surface area contributed by atoms with Gasteiger partial charge in [-0.2, -0.15) is 0 Å². The highest BCUT2D eigenvalue weighted by Gasteiger charge is 2.19. The van der Waals surface area contributed by atoms with Gasteiger partial charge >= 0.3 is 0 Å². The van der Waals surface area contributed by atoms with E-state index in [4.69, 9.17) is 5.11 Å². The van der Waals surface area contributed by atoms with Crippen LogP contribution in [0.1, 0.15) is 25.3 Å². The van der Waals surface area contributed by atoms with Gasteiger partial charge in [0.15, 0.2) is 0 Å². The summed E-state index contributed by atoms with van der Waals surface area (Å²) in [4.78, 5) is 13.8. The quantitative estimate of drug-likeness (QED) is 0.821. The Bertz CT molecular complexity index is 324. The molecule has 0 bridgehead atoms. The molecule has 0 spiro atoms. The first-order valence-corrected chi connectivity index (χ1v) is 5.65. The monoisotopic (exact) mass is 221 g/mol. The standard InChI is InChI=1S/C13H19NO2/c1-3-14(9-10-15)13(16)11(2)12-7-5-4-6-8-12/h4-8,11,15H,3,9-10H2,1-2H3. The van der Waals surface area contributed by atoms with Gasteiger partial charge in [-0.15, -0.1) is 0 Å². The number of benzene rings is 1. The Balaban J connectivity index is 2.73. The van der Waals surface area contributed by atoms with Crippen molar-refractivity contribution in [2.75, 3.05) is 19.7 Å². The minimum Gasteiger partial charge on any atom is -0.395 e. The summed E-state index contributed by atoms with van der Waals surface area (Å²) in [5, 5.41) is 8.88. The van der Waals surface area contributed by atoms with Gasteiger partial charge in [-0.25, -0.2) is 0 Å². The van der Waals surface area contributed by atoms with Gasteiger partial charge < -0.3 is 10.0 Å². The zero-order valence-corrected chi connectivity index (χ0v) is 9.89. The van der Waals surface area contributed by atoms with Crippen molar-refractivity contribution in [1.82, 2.24) is 4.90 Å². The van der Waals surface area contributed by atoms with Crippen molar-refractivity contribution < 1.29 is 9.90 Å². The van der Waals surface area contributed by atoms with E-state index in [2.05, 4.69) is 0 Å². The van der Waals surface area contributed by atoms with E-state index in [1.54, 1.807) is 4.90 Å². The highest BCUT2D eigenvalue weighted by molar-refractivity contribution is 5.83. The molecule has 1 aromatic rings. The maximum atomic E-state index is 12.1. The summed E-state index contributed by atoms with van der Waals surface area (Å²) >= 11 is 0. The topological polar surface area (TPSA) is 40.5 Å². The molecule has 1 atom stereocenters. The van der Waals surface area contributed by atoms with E-state index in [0.717, 1.165) is 5.56 Å². The Hall–Kier alpha value is -1.35. The summed E-state index contributed by atoms with van der Waals surface area (Å²) in [6.07, 6.45) is 0. The predicted molar refractivity (Wildman–Crippen MR) is 64.2 cm³/mol. The molecule has 0 saturated carbocycles. The number of aliphatic hydroxyl groups excluding tert-OH is 1. The fraction of sp³-hybridized carbons (Fsp3) is 0.462. The van der Waals surface area contributed by atoms with Crippen molar-refractivity contribution in [3.8, 4) is 0 Å². The molecule has 1 amide bonds. The Morgan fingerprint density at radius 2 is 2.00 bits per heavy atom. The number of amides is 1. The average molecular weight is 221 g/mol. The largest absolute Gasteiger partial charge is 0.395 e. The lowest BCUT2D eigenvalue weighted by molar-refractivity contribution is -0.132. The van der Waals surface area contributed by atoms with Crippen LogP contribution in [0.15, 0.2) is 30.3 Å². The molecule has 1 unspecified atom stereocenters. The summed E-state index contributed by atoms with van der Waals surface area (Å²) in [5.74, 6) is -0.0737. The maximum absolute atomic E-state index is 12.1. The third-order valence-corrected chi connectivity index (χ3v) is 2.73. The van der Waals surface area contributed by atoms with Gasteiger partial charge in [0.25, 0.3) is 0 Å². The van der Waals surface area contributed by atoms with Crippen LogP contribution in [0.2, 0.25) is 0 Å². The Morgan fingerprint density at radius 3 is 2.50 bits per heavy atom. The van der Waals surface area contributed by atoms with Gasteiger partial charge in [-0.05, 0) is 19.4 Å². The van der Waals surface area contributed by atoms with Gasteiger partial charge in [0.2, 0.25) is 5.91 Å². The molecule has 1 N–H and O–H groups in total. The third kappa shape index (κ3) is 3.07. The molecule has 16 heavy (non-hydrogen) atoms. The van der Waals surface area contributed by atoms with Crippen LogP contribution in [0.4, 0.5) is 0 Å². The lowest BCUT2D eigenvalue weighted by Gasteiger charge is -2.23. The Morgan fingerprint density at radius 1 is 1.38 bits per heavy atom. The molecule has 0 aliphatic carbocycles. The molecular formula is C13H19NO2. The number of nitrogens with zero attached hydrogens (tertiary/aromatic N) is 1. The summed E-state index contributed by atoms with van der Waals surface area (Å²) in [7, 11) is 0. The van der Waals surface area contributed by atoms with Crippen LogP contribution < -0.4 is 0 Å². The number of rotatable bonds is 5. The van der Waals surface area contributed by atoms with Crippen LogP contribution in [0.25, 0.3) is 0 Å². The molecule has 0 fully saturated rings. The van der Waals surface area contributed by atoms with Crippen LogP contribution in [-0.4, -0.2) is 35.6 Å². The fourth-order valence-corrected chi connectivity index (χ4v) is 1.70. The summed E-state index contributed by atoms with van der Waals surface area (Å²) in [6, 6.07) is 9.71. The second-order valence-corrected chi connectivity index (χ2v) is 3.77. The second-order valence-electron chi connectivity index (χ2n) is 3.77. The van der Waals surface area contributed by atoms with Crippen LogP contribution in [-0.2, 0) is 4.79 Å². The summed E-state index contributed by atoms with van der Waals surface area (Å²) in [5.41, 5.74) is 1.02. The number of hydrogen-bond acceptors (Lipinski definition) is 2. The number of aliphatic hydroxyl groups is 1. The third-order valence-electron chi connectivity index (χ3n) is 2.73. The number of carbonyl (C=O) groups excluding carboxylic acids is 1. The molecule has 0 aliphatic rings. The molecule has 0 aliphatic heterocycles. The lowest BCUT2D eigenvalue weighted by atomic mass is 10.00. The van der Waals surface area contributed by atoms with Gasteiger partial charge in [-0.3, -0.25) is 4.79 Å². The number of hydrogen-bond donors (Lipinski definition) is 1. The summed E-state index contributed by atoms with van der Waals surface area (Å²) in [6.45, 7) is 4.88. The van der Waals surface area contributed by atoms with Crippen LogP contribution in [0.3, 0.4) is 0 Å². The van der Waals surface area contributed by atoms with E-state index in [-0.39, 0.29) is 18.4 Å². The zero-order valence-electron chi connectivity index (χ0n) is 9.89. The fourth-order valence-electron chi connectivity index (χ4n) is 1.70. The van der Waals surface area contributed by atoms with Crippen molar-refractivity contribution in [3.63, 3.8) is 0 Å². The van der Waals surface area contributed by atoms with Gasteiger partial charge in [0.05, 0.1) is 12.5 Å². The predicted octanol–water partition coefficient (Wildman–Crippen LogP) is 1.63. The Labute approximate surface area is 96.7 Å². The van der Waals surface area contributed by atoms with E-state index < -0.39 is 0 Å². The molecule has 1 aromatic carbocycles. The Kier molecular flexibility index (Phi) is 4.99. The van der Waals surface area contributed by atoms with Crippen LogP contribution in [0, 0.1) is 0 Å². The minimum atomic E-state index is -0.146. The molecule has 1 rings (SSSR count). The first-order valence-electron chi connectivity index (χ1n) is 5.65. The van der Waals surface area contributed by atoms with Gasteiger partial charge in [0, 0.05) is 13.1 Å². The van der Waals surface area contributed by atoms with Crippen molar-refractivity contribution >= 4 is 5.91 Å². The van der Waals surface area contributed by atoms with Crippen molar-refractivity contribution in [3.05, 3.63) is 35.9 Å². The number of carbonyl (C=O) groups is 1. The maximum Gasteiger partial charge on any atom is 0.229 e. The molecule has 88 valence electrons. The zero-order chi connectivity index (χ0) is 12.0. The highest BCUT2D eigenvalue weighted by atomic mass is 16.3. The average Bonchev–Trinajstić information content (AvgIpc) is 2.35. The van der Waals surface area contributed by atoms with E-state index >= 15 is 0 Å². The van der Waals surface area contributed by atoms with Gasteiger partial charge in [0.1, 0.15) is 0 Å². The van der Waals surface area contributed by atoms with Crippen molar-refractivity contribution in [2.24, 2.45) is 0 Å². The van der Waals surface area contributed by atoms with E-state index in [1.165, 1.54) is 0 Å². The minimum absolute atomic E-state index is 0.0150. The molecule has 3 nitrogen and oxygen atoms in total. The van der Waals surface area contributed by atoms with Crippen LogP contribution >= 0.6 is 0 Å². The van der Waals surface area contributed by atoms with E-state index in [1.807, 2.05) is 44.2 Å². The first kappa shape index (κ1) is 12.7. The number of likely N-dealkylation sites (N-methyl/N-ethyl adjacent to an activating group) is 1. The summed E-state index contributed by atoms with van der Waals surface area (Å²) < 4.78 is 0. The van der Waals surface area contributed by atoms with Crippen molar-refractivity contribution in [2.45, 2.75) is 19.8 Å². The molecule has 0 radical (unpaired) electrons. The normalized spacial score (nSPS) is 12.2. The van der Waals surface area contributed by atoms with E-state index in [0.29, 0.717) is 13.1 Å². The molecule has 0 aromatic heterocycles. The van der Waals surface area contributed by atoms with E-state index in [9.17, 15) is 4.79 Å². The first-order chi connectivity index (χ1) is 7.70. The van der Waals surface area contributed by atoms with Crippen molar-refractivity contribution in [1.29, 1.82) is 0 Å². The molecular weight excluding hydrogens is 202 g/mol.